The molecule has 2 aliphatic rings. The lowest BCUT2D eigenvalue weighted by Gasteiger charge is -2.39. The molecule has 0 aromatic heterocycles. The van der Waals surface area contributed by atoms with E-state index >= 15 is 0 Å². The number of hydrogen-bond acceptors (Lipinski definition) is 9. The first-order valence-electron chi connectivity index (χ1n) is 9.85. The number of benzene rings is 2. The van der Waals surface area contributed by atoms with Gasteiger partial charge in [-0.05, 0) is 24.6 Å². The summed E-state index contributed by atoms with van der Waals surface area (Å²) < 4.78 is 22.1. The number of aliphatic hydroxyl groups is 3. The van der Waals surface area contributed by atoms with Gasteiger partial charge < -0.3 is 39.4 Å². The summed E-state index contributed by atoms with van der Waals surface area (Å²) in [4.78, 5) is 12.7. The van der Waals surface area contributed by atoms with Crippen LogP contribution in [0.3, 0.4) is 0 Å². The molecule has 2 aromatic carbocycles. The maximum Gasteiger partial charge on any atom is 0.229 e. The summed E-state index contributed by atoms with van der Waals surface area (Å²) in [6.07, 6.45) is -6.82. The molecule has 9 nitrogen and oxygen atoms in total. The Bertz CT molecular complexity index is 958. The number of aromatic hydroxyl groups is 1. The third-order valence-corrected chi connectivity index (χ3v) is 5.52. The van der Waals surface area contributed by atoms with Crippen LogP contribution < -0.4 is 14.2 Å². The Balaban J connectivity index is 1.58. The Kier molecular flexibility index (Phi) is 5.76. The molecule has 31 heavy (non-hydrogen) atoms. The summed E-state index contributed by atoms with van der Waals surface area (Å²) in [6.45, 7) is 1.53. The Labute approximate surface area is 178 Å². The van der Waals surface area contributed by atoms with Gasteiger partial charge in [0.15, 0.2) is 5.78 Å². The summed E-state index contributed by atoms with van der Waals surface area (Å²) >= 11 is 0. The van der Waals surface area contributed by atoms with Crippen LogP contribution in [0.25, 0.3) is 0 Å². The van der Waals surface area contributed by atoms with Crippen molar-refractivity contribution in [1.82, 2.24) is 0 Å². The van der Waals surface area contributed by atoms with Gasteiger partial charge in [-0.3, -0.25) is 4.79 Å². The fourth-order valence-electron chi connectivity index (χ4n) is 3.73. The number of fused-ring (bicyclic) bond motifs is 1. The third kappa shape index (κ3) is 4.05. The highest BCUT2D eigenvalue weighted by Crippen LogP contribution is 2.42. The number of aliphatic hydroxyl groups excluding tert-OH is 3. The fraction of sp³-hybridized carbons (Fsp3) is 0.409. The van der Waals surface area contributed by atoms with Crippen molar-refractivity contribution in [3.8, 4) is 23.0 Å². The van der Waals surface area contributed by atoms with Gasteiger partial charge in [0.2, 0.25) is 6.29 Å². The number of hydrogen-bond donors (Lipinski definition) is 4. The minimum atomic E-state index is -1.51. The Morgan fingerprint density at radius 2 is 1.71 bits per heavy atom. The molecule has 2 aromatic rings. The average molecular weight is 432 g/mol. The van der Waals surface area contributed by atoms with Crippen LogP contribution in [0.2, 0.25) is 0 Å². The van der Waals surface area contributed by atoms with E-state index in [4.69, 9.17) is 18.9 Å². The highest BCUT2D eigenvalue weighted by atomic mass is 16.7. The second-order valence-corrected chi connectivity index (χ2v) is 7.62. The zero-order chi connectivity index (χ0) is 22.3. The molecule has 0 spiro atoms. The zero-order valence-electron chi connectivity index (χ0n) is 17.0. The maximum atomic E-state index is 12.7. The Hall–Kier alpha value is -2.85. The van der Waals surface area contributed by atoms with Gasteiger partial charge in [0.1, 0.15) is 53.0 Å². The van der Waals surface area contributed by atoms with Crippen LogP contribution in [0.5, 0.6) is 23.0 Å². The van der Waals surface area contributed by atoms with E-state index in [1.165, 1.54) is 19.1 Å². The van der Waals surface area contributed by atoms with Gasteiger partial charge in [0, 0.05) is 12.1 Å². The standard InChI is InChI=1S/C22H24O9/c1-10-19(25)20(26)21(27)22(29-10)30-13-7-14(23)18-15(24)9-16(31-17(18)8-13)11-3-5-12(28-2)6-4-11/h3-8,10,16,19-23,25-27H,9H2,1-2H3/t10-,16-,19-,20+,21+,22-/m0/s1. The number of ketones is 1. The van der Waals surface area contributed by atoms with Gasteiger partial charge in [-0.1, -0.05) is 12.1 Å². The maximum absolute atomic E-state index is 12.7. The van der Waals surface area contributed by atoms with Crippen molar-refractivity contribution >= 4 is 5.78 Å². The van der Waals surface area contributed by atoms with Crippen molar-refractivity contribution in [3.63, 3.8) is 0 Å². The van der Waals surface area contributed by atoms with Crippen LogP contribution in [0.1, 0.15) is 35.4 Å². The zero-order valence-corrected chi connectivity index (χ0v) is 17.0. The highest BCUT2D eigenvalue weighted by molar-refractivity contribution is 6.02. The second kappa shape index (κ2) is 8.35. The topological polar surface area (TPSA) is 135 Å². The van der Waals surface area contributed by atoms with E-state index in [1.807, 2.05) is 0 Å². The van der Waals surface area contributed by atoms with Crippen molar-refractivity contribution in [1.29, 1.82) is 0 Å². The molecule has 4 N–H and O–H groups in total. The lowest BCUT2D eigenvalue weighted by molar-refractivity contribution is -0.268. The van der Waals surface area contributed by atoms with E-state index in [0.717, 1.165) is 5.56 Å². The third-order valence-electron chi connectivity index (χ3n) is 5.52. The van der Waals surface area contributed by atoms with E-state index < -0.39 is 36.8 Å². The number of phenolic OH excluding ortho intramolecular Hbond substituents is 1. The molecule has 1 fully saturated rings. The number of ether oxygens (including phenoxy) is 4. The van der Waals surface area contributed by atoms with Crippen molar-refractivity contribution in [3.05, 3.63) is 47.5 Å². The van der Waals surface area contributed by atoms with Crippen LogP contribution >= 0.6 is 0 Å². The van der Waals surface area contributed by atoms with E-state index in [2.05, 4.69) is 0 Å². The Morgan fingerprint density at radius 1 is 1.00 bits per heavy atom. The highest BCUT2D eigenvalue weighted by Gasteiger charge is 2.43. The first kappa shape index (κ1) is 21.4. The predicted octanol–water partition coefficient (Wildman–Crippen LogP) is 1.31. The quantitative estimate of drug-likeness (QED) is 0.564. The van der Waals surface area contributed by atoms with Crippen LogP contribution in [-0.2, 0) is 4.74 Å². The molecule has 4 rings (SSSR count). The molecule has 9 heteroatoms. The molecule has 0 saturated carbocycles. The SMILES string of the molecule is COc1ccc([C@@H]2CC(=O)c3c(O)cc(O[C@@H]4O[C@@H](C)[C@H](O)[C@@H](O)[C@H]4O)cc3O2)cc1. The molecule has 0 unspecified atom stereocenters. The smallest absolute Gasteiger partial charge is 0.229 e. The molecule has 166 valence electrons. The van der Waals surface area contributed by atoms with Crippen molar-refractivity contribution in [2.24, 2.45) is 0 Å². The molecule has 0 bridgehead atoms. The van der Waals surface area contributed by atoms with Crippen LogP contribution in [-0.4, -0.2) is 64.0 Å². The van der Waals surface area contributed by atoms with Gasteiger partial charge in [-0.15, -0.1) is 0 Å². The van der Waals surface area contributed by atoms with E-state index in [1.54, 1.807) is 31.4 Å². The molecule has 2 aliphatic heterocycles. The van der Waals surface area contributed by atoms with E-state index in [9.17, 15) is 25.2 Å². The fourth-order valence-corrected chi connectivity index (χ4v) is 3.73. The van der Waals surface area contributed by atoms with Gasteiger partial charge in [-0.2, -0.15) is 0 Å². The van der Waals surface area contributed by atoms with Crippen LogP contribution in [0, 0.1) is 0 Å². The normalized spacial score (nSPS) is 30.3. The molecule has 1 saturated heterocycles. The summed E-state index contributed by atoms with van der Waals surface area (Å²) in [5.41, 5.74) is 0.814. The number of phenols is 1. The van der Waals surface area contributed by atoms with Crippen LogP contribution in [0.4, 0.5) is 0 Å². The average Bonchev–Trinajstić information content (AvgIpc) is 2.75. The summed E-state index contributed by atoms with van der Waals surface area (Å²) in [5.74, 6) is 0.259. The lowest BCUT2D eigenvalue weighted by atomic mass is 9.95. The van der Waals surface area contributed by atoms with Crippen molar-refractivity contribution < 1.29 is 44.2 Å². The molecule has 0 aliphatic carbocycles. The van der Waals surface area contributed by atoms with Crippen molar-refractivity contribution in [2.75, 3.05) is 7.11 Å². The monoisotopic (exact) mass is 432 g/mol. The second-order valence-electron chi connectivity index (χ2n) is 7.62. The van der Waals surface area contributed by atoms with Crippen LogP contribution in [0.15, 0.2) is 36.4 Å². The number of methoxy groups -OCH3 is 1. The number of Topliss-reactive ketones (excluding diaryl/α,β-unsaturated/α-hetero) is 1. The number of carbonyl (C=O) groups excluding carboxylic acids is 1. The van der Waals surface area contributed by atoms with Gasteiger partial charge >= 0.3 is 0 Å². The van der Waals surface area contributed by atoms with E-state index in [0.29, 0.717) is 5.75 Å². The van der Waals surface area contributed by atoms with Crippen molar-refractivity contribution in [2.45, 2.75) is 50.2 Å². The van der Waals surface area contributed by atoms with Gasteiger partial charge in [-0.25, -0.2) is 0 Å². The molecule has 0 radical (unpaired) electrons. The minimum Gasteiger partial charge on any atom is -0.507 e. The number of rotatable bonds is 4. The minimum absolute atomic E-state index is 0.0473. The lowest BCUT2D eigenvalue weighted by Crippen LogP contribution is -2.58. The largest absolute Gasteiger partial charge is 0.507 e. The predicted molar refractivity (Wildman–Crippen MR) is 106 cm³/mol. The Morgan fingerprint density at radius 3 is 2.39 bits per heavy atom. The molecule has 2 heterocycles. The summed E-state index contributed by atoms with van der Waals surface area (Å²) in [5, 5.41) is 40.3. The van der Waals surface area contributed by atoms with Gasteiger partial charge in [0.25, 0.3) is 0 Å². The summed E-state index contributed by atoms with van der Waals surface area (Å²) in [6, 6.07) is 9.74. The molecular weight excluding hydrogens is 408 g/mol. The first-order chi connectivity index (χ1) is 14.8. The molecular formula is C22H24O9. The molecule has 0 amide bonds. The molecule has 6 atom stereocenters. The van der Waals surface area contributed by atoms with Gasteiger partial charge in [0.05, 0.1) is 19.6 Å². The number of carbonyl (C=O) groups is 1. The van der Waals surface area contributed by atoms with E-state index in [-0.39, 0.29) is 35.0 Å². The first-order valence-corrected chi connectivity index (χ1v) is 9.85. The summed E-state index contributed by atoms with van der Waals surface area (Å²) in [7, 11) is 1.56.